The van der Waals surface area contributed by atoms with Gasteiger partial charge in [-0.25, -0.2) is 0 Å². The largest absolute Gasteiger partial charge is 0.497 e. The third kappa shape index (κ3) is 4.79. The quantitative estimate of drug-likeness (QED) is 0.729. The molecule has 2 amide bonds. The number of ether oxygens (including phenoxy) is 1. The maximum absolute atomic E-state index is 12.6. The number of para-hydroxylation sites is 1. The van der Waals surface area contributed by atoms with E-state index >= 15 is 0 Å². The lowest BCUT2D eigenvalue weighted by Gasteiger charge is -2.15. The number of anilines is 1. The minimum absolute atomic E-state index is 0.140. The topological polar surface area (TPSA) is 67.4 Å². The number of rotatable bonds is 7. The van der Waals surface area contributed by atoms with Gasteiger partial charge >= 0.3 is 0 Å². The lowest BCUT2D eigenvalue weighted by molar-refractivity contribution is -0.115. The highest BCUT2D eigenvalue weighted by Crippen LogP contribution is 2.27. The van der Waals surface area contributed by atoms with Crippen LogP contribution in [-0.2, 0) is 4.79 Å². The van der Waals surface area contributed by atoms with Gasteiger partial charge in [-0.3, -0.25) is 9.59 Å². The molecule has 0 spiro atoms. The van der Waals surface area contributed by atoms with Crippen LogP contribution in [0.15, 0.2) is 53.4 Å². The molecule has 0 radical (unpaired) electrons. The summed E-state index contributed by atoms with van der Waals surface area (Å²) in [4.78, 5) is 25.9. The molecule has 2 aromatic rings. The molecule has 0 heterocycles. The second kappa shape index (κ2) is 8.27. The van der Waals surface area contributed by atoms with Gasteiger partial charge < -0.3 is 15.4 Å². The second-order valence-corrected chi connectivity index (χ2v) is 7.63. The summed E-state index contributed by atoms with van der Waals surface area (Å²) in [6.45, 7) is 1.84. The zero-order valence-corrected chi connectivity index (χ0v) is 15.6. The SMILES string of the molecule is COc1ccc(SC(C)C(=O)Nc2ccccc2C(=O)NC2CC2)cc1. The zero-order chi connectivity index (χ0) is 18.5. The number of carbonyl (C=O) groups is 2. The lowest BCUT2D eigenvalue weighted by Crippen LogP contribution is -2.28. The minimum Gasteiger partial charge on any atom is -0.497 e. The van der Waals surface area contributed by atoms with Gasteiger partial charge in [0.1, 0.15) is 5.75 Å². The maximum Gasteiger partial charge on any atom is 0.253 e. The molecule has 2 aromatic carbocycles. The molecular formula is C20H22N2O3S. The molecule has 1 unspecified atom stereocenters. The van der Waals surface area contributed by atoms with Gasteiger partial charge in [0.15, 0.2) is 0 Å². The van der Waals surface area contributed by atoms with Crippen molar-refractivity contribution in [3.63, 3.8) is 0 Å². The molecule has 5 nitrogen and oxygen atoms in total. The van der Waals surface area contributed by atoms with E-state index in [-0.39, 0.29) is 23.1 Å². The molecule has 1 aliphatic rings. The van der Waals surface area contributed by atoms with Crippen molar-refractivity contribution in [1.29, 1.82) is 0 Å². The van der Waals surface area contributed by atoms with Gasteiger partial charge in [0.25, 0.3) is 5.91 Å². The molecule has 136 valence electrons. The Bertz CT molecular complexity index is 788. The Morgan fingerprint density at radius 1 is 1.12 bits per heavy atom. The van der Waals surface area contributed by atoms with Crippen LogP contribution in [-0.4, -0.2) is 30.2 Å². The first kappa shape index (κ1) is 18.3. The van der Waals surface area contributed by atoms with Gasteiger partial charge in [-0.15, -0.1) is 11.8 Å². The Morgan fingerprint density at radius 2 is 1.81 bits per heavy atom. The van der Waals surface area contributed by atoms with Gasteiger partial charge in [-0.1, -0.05) is 12.1 Å². The van der Waals surface area contributed by atoms with Gasteiger partial charge in [0.05, 0.1) is 23.6 Å². The molecule has 1 aliphatic carbocycles. The third-order valence-corrected chi connectivity index (χ3v) is 5.20. The molecule has 2 N–H and O–H groups in total. The average Bonchev–Trinajstić information content (AvgIpc) is 3.46. The van der Waals surface area contributed by atoms with Crippen LogP contribution in [0.5, 0.6) is 5.75 Å². The smallest absolute Gasteiger partial charge is 0.253 e. The first-order valence-corrected chi connectivity index (χ1v) is 9.46. The minimum atomic E-state index is -0.303. The molecule has 1 saturated carbocycles. The monoisotopic (exact) mass is 370 g/mol. The fraction of sp³-hybridized carbons (Fsp3) is 0.300. The number of nitrogens with one attached hydrogen (secondary N) is 2. The van der Waals surface area contributed by atoms with E-state index in [0.717, 1.165) is 23.5 Å². The van der Waals surface area contributed by atoms with Crippen molar-refractivity contribution in [3.8, 4) is 5.75 Å². The number of hydrogen-bond acceptors (Lipinski definition) is 4. The summed E-state index contributed by atoms with van der Waals surface area (Å²) in [6, 6.07) is 14.9. The van der Waals surface area contributed by atoms with E-state index in [0.29, 0.717) is 11.3 Å². The Balaban J connectivity index is 1.63. The number of thioether (sulfide) groups is 1. The predicted octanol–water partition coefficient (Wildman–Crippen LogP) is 3.71. The van der Waals surface area contributed by atoms with E-state index in [2.05, 4.69) is 10.6 Å². The summed E-state index contributed by atoms with van der Waals surface area (Å²) in [5.74, 6) is 0.499. The first-order chi connectivity index (χ1) is 12.6. The normalized spacial score (nSPS) is 14.4. The van der Waals surface area contributed by atoms with Crippen LogP contribution in [0, 0.1) is 0 Å². The maximum atomic E-state index is 12.6. The summed E-state index contributed by atoms with van der Waals surface area (Å²) in [6.07, 6.45) is 2.05. The molecule has 0 aromatic heterocycles. The highest BCUT2D eigenvalue weighted by Gasteiger charge is 2.25. The zero-order valence-electron chi connectivity index (χ0n) is 14.8. The molecule has 3 rings (SSSR count). The van der Waals surface area contributed by atoms with Crippen molar-refractivity contribution in [3.05, 3.63) is 54.1 Å². The molecule has 0 bridgehead atoms. The van der Waals surface area contributed by atoms with Crippen LogP contribution in [0.3, 0.4) is 0 Å². The fourth-order valence-corrected chi connectivity index (χ4v) is 3.29. The Morgan fingerprint density at radius 3 is 2.46 bits per heavy atom. The second-order valence-electron chi connectivity index (χ2n) is 6.22. The number of amides is 2. The van der Waals surface area contributed by atoms with Crippen LogP contribution in [0.4, 0.5) is 5.69 Å². The van der Waals surface area contributed by atoms with Gasteiger partial charge in [-0.2, -0.15) is 0 Å². The van der Waals surface area contributed by atoms with Crippen molar-refractivity contribution < 1.29 is 14.3 Å². The van der Waals surface area contributed by atoms with E-state index in [1.807, 2.05) is 37.3 Å². The lowest BCUT2D eigenvalue weighted by atomic mass is 10.1. The Kier molecular flexibility index (Phi) is 5.83. The number of benzene rings is 2. The van der Waals surface area contributed by atoms with E-state index in [1.54, 1.807) is 25.3 Å². The fourth-order valence-electron chi connectivity index (χ4n) is 2.43. The van der Waals surface area contributed by atoms with Crippen molar-refractivity contribution >= 4 is 29.3 Å². The van der Waals surface area contributed by atoms with Crippen molar-refractivity contribution in [2.45, 2.75) is 36.0 Å². The average molecular weight is 370 g/mol. The molecule has 0 aliphatic heterocycles. The summed E-state index contributed by atoms with van der Waals surface area (Å²) in [7, 11) is 1.62. The predicted molar refractivity (Wildman–Crippen MR) is 104 cm³/mol. The summed E-state index contributed by atoms with van der Waals surface area (Å²) in [5.41, 5.74) is 1.03. The number of carbonyl (C=O) groups excluding carboxylic acids is 2. The molecule has 1 atom stereocenters. The van der Waals surface area contributed by atoms with Crippen molar-refractivity contribution in [2.24, 2.45) is 0 Å². The number of methoxy groups -OCH3 is 1. The van der Waals surface area contributed by atoms with E-state index in [1.165, 1.54) is 11.8 Å². The summed E-state index contributed by atoms with van der Waals surface area (Å²) >= 11 is 1.46. The van der Waals surface area contributed by atoms with Gasteiger partial charge in [0.2, 0.25) is 5.91 Å². The van der Waals surface area contributed by atoms with Crippen LogP contribution in [0.25, 0.3) is 0 Å². The number of hydrogen-bond donors (Lipinski definition) is 2. The molecule has 6 heteroatoms. The molecular weight excluding hydrogens is 348 g/mol. The van der Waals surface area contributed by atoms with Crippen LogP contribution in [0.2, 0.25) is 0 Å². The van der Waals surface area contributed by atoms with Crippen LogP contribution in [0.1, 0.15) is 30.1 Å². The molecule has 0 saturated heterocycles. The van der Waals surface area contributed by atoms with Crippen LogP contribution < -0.4 is 15.4 Å². The van der Waals surface area contributed by atoms with E-state index in [9.17, 15) is 9.59 Å². The van der Waals surface area contributed by atoms with Crippen molar-refractivity contribution in [1.82, 2.24) is 5.32 Å². The highest BCUT2D eigenvalue weighted by molar-refractivity contribution is 8.00. The van der Waals surface area contributed by atoms with Gasteiger partial charge in [-0.05, 0) is 56.2 Å². The molecule has 26 heavy (non-hydrogen) atoms. The van der Waals surface area contributed by atoms with Crippen molar-refractivity contribution in [2.75, 3.05) is 12.4 Å². The van der Waals surface area contributed by atoms with E-state index < -0.39 is 0 Å². The van der Waals surface area contributed by atoms with E-state index in [4.69, 9.17) is 4.74 Å². The Labute approximate surface area is 157 Å². The first-order valence-electron chi connectivity index (χ1n) is 8.58. The van der Waals surface area contributed by atoms with Gasteiger partial charge in [0, 0.05) is 10.9 Å². The summed E-state index contributed by atoms with van der Waals surface area (Å²) < 4.78 is 5.14. The summed E-state index contributed by atoms with van der Waals surface area (Å²) in [5, 5.41) is 5.54. The standard InChI is InChI=1S/C20H22N2O3S/c1-13(26-16-11-9-15(25-2)10-12-16)19(23)22-18-6-4-3-5-17(18)20(24)21-14-7-8-14/h3-6,9-14H,7-8H2,1-2H3,(H,21,24)(H,22,23). The molecule has 1 fully saturated rings. The highest BCUT2D eigenvalue weighted by atomic mass is 32.2. The van der Waals surface area contributed by atoms with Crippen LogP contribution >= 0.6 is 11.8 Å². The Hall–Kier alpha value is -2.47. The third-order valence-electron chi connectivity index (χ3n) is 4.08.